The van der Waals surface area contributed by atoms with E-state index in [1.54, 1.807) is 18.4 Å². The zero-order valence-electron chi connectivity index (χ0n) is 10.1. The Labute approximate surface area is 119 Å². The predicted molar refractivity (Wildman–Crippen MR) is 81.7 cm³/mol. The molecule has 2 heterocycles. The minimum atomic E-state index is 0.588. The van der Waals surface area contributed by atoms with Gasteiger partial charge >= 0.3 is 0 Å². The lowest BCUT2D eigenvalue weighted by atomic mass is 10.3. The first-order chi connectivity index (χ1) is 9.28. The Morgan fingerprint density at radius 1 is 1.16 bits per heavy atom. The van der Waals surface area contributed by atoms with Crippen LogP contribution in [0.3, 0.4) is 0 Å². The molecule has 3 rings (SSSR count). The van der Waals surface area contributed by atoms with E-state index in [1.807, 2.05) is 35.7 Å². The molecular formula is C13H11ClN4S. The molecule has 6 heteroatoms. The van der Waals surface area contributed by atoms with Gasteiger partial charge in [0.05, 0.1) is 16.1 Å². The van der Waals surface area contributed by atoms with Crippen molar-refractivity contribution in [3.05, 3.63) is 40.7 Å². The van der Waals surface area contributed by atoms with Crippen LogP contribution in [0.25, 0.3) is 10.2 Å². The molecule has 4 nitrogen and oxygen atoms in total. The second kappa shape index (κ2) is 5.03. The largest absolute Gasteiger partial charge is 0.357 e. The van der Waals surface area contributed by atoms with Crippen molar-refractivity contribution < 1.29 is 0 Å². The molecule has 3 aromatic rings. The maximum atomic E-state index is 6.15. The van der Waals surface area contributed by atoms with Gasteiger partial charge in [0.15, 0.2) is 0 Å². The van der Waals surface area contributed by atoms with Crippen molar-refractivity contribution in [2.24, 2.45) is 0 Å². The molecule has 0 atom stereocenters. The average molecular weight is 291 g/mol. The van der Waals surface area contributed by atoms with E-state index in [9.17, 15) is 0 Å². The highest BCUT2D eigenvalue weighted by Gasteiger charge is 2.09. The van der Waals surface area contributed by atoms with Crippen LogP contribution in [0.1, 0.15) is 0 Å². The highest BCUT2D eigenvalue weighted by atomic mass is 35.5. The molecule has 0 fully saturated rings. The summed E-state index contributed by atoms with van der Waals surface area (Å²) in [5.41, 5.74) is 0.831. The van der Waals surface area contributed by atoms with Gasteiger partial charge in [-0.25, -0.2) is 4.98 Å². The normalized spacial score (nSPS) is 10.6. The number of hydrogen-bond donors (Lipinski definition) is 2. The molecule has 2 N–H and O–H groups in total. The molecule has 0 saturated heterocycles. The SMILES string of the molecule is CNc1nc(Nc2ccccc2Cl)c2ccsc2n1. The third-order valence-corrected chi connectivity index (χ3v) is 3.81. The van der Waals surface area contributed by atoms with E-state index in [4.69, 9.17) is 11.6 Å². The third-order valence-electron chi connectivity index (χ3n) is 2.68. The molecule has 0 aliphatic carbocycles. The van der Waals surface area contributed by atoms with Crippen LogP contribution in [-0.4, -0.2) is 17.0 Å². The zero-order chi connectivity index (χ0) is 13.2. The first-order valence-corrected chi connectivity index (χ1v) is 6.98. The summed E-state index contributed by atoms with van der Waals surface area (Å²) < 4.78 is 0. The van der Waals surface area contributed by atoms with E-state index in [0.717, 1.165) is 21.7 Å². The van der Waals surface area contributed by atoms with Crippen LogP contribution in [0.15, 0.2) is 35.7 Å². The van der Waals surface area contributed by atoms with Gasteiger partial charge in [-0.15, -0.1) is 11.3 Å². The Hall–Kier alpha value is -1.85. The molecular weight excluding hydrogens is 280 g/mol. The number of thiophene rings is 1. The maximum Gasteiger partial charge on any atom is 0.225 e. The van der Waals surface area contributed by atoms with E-state index in [0.29, 0.717) is 11.0 Å². The van der Waals surface area contributed by atoms with Crippen molar-refractivity contribution >= 4 is 50.6 Å². The molecule has 2 aromatic heterocycles. The van der Waals surface area contributed by atoms with E-state index in [-0.39, 0.29) is 0 Å². The monoisotopic (exact) mass is 290 g/mol. The van der Waals surface area contributed by atoms with Gasteiger partial charge in [0, 0.05) is 7.05 Å². The lowest BCUT2D eigenvalue weighted by molar-refractivity contribution is 1.20. The number of halogens is 1. The number of fused-ring (bicyclic) bond motifs is 1. The maximum absolute atomic E-state index is 6.15. The number of hydrogen-bond acceptors (Lipinski definition) is 5. The van der Waals surface area contributed by atoms with Crippen molar-refractivity contribution in [2.45, 2.75) is 0 Å². The summed E-state index contributed by atoms with van der Waals surface area (Å²) in [6, 6.07) is 9.58. The van der Waals surface area contributed by atoms with Crippen molar-refractivity contribution in [1.82, 2.24) is 9.97 Å². The molecule has 0 radical (unpaired) electrons. The summed E-state index contributed by atoms with van der Waals surface area (Å²) >= 11 is 7.74. The minimum Gasteiger partial charge on any atom is -0.357 e. The van der Waals surface area contributed by atoms with E-state index >= 15 is 0 Å². The second-order valence-electron chi connectivity index (χ2n) is 3.89. The average Bonchev–Trinajstić information content (AvgIpc) is 2.89. The van der Waals surface area contributed by atoms with Crippen LogP contribution in [0, 0.1) is 0 Å². The first kappa shape index (κ1) is 12.2. The number of aromatic nitrogens is 2. The number of anilines is 3. The van der Waals surface area contributed by atoms with Gasteiger partial charge < -0.3 is 10.6 Å². The van der Waals surface area contributed by atoms with Gasteiger partial charge in [0.25, 0.3) is 0 Å². The number of rotatable bonds is 3. The fraction of sp³-hybridized carbons (Fsp3) is 0.0769. The van der Waals surface area contributed by atoms with Crippen LogP contribution in [0.4, 0.5) is 17.5 Å². The fourth-order valence-electron chi connectivity index (χ4n) is 1.75. The van der Waals surface area contributed by atoms with Crippen LogP contribution >= 0.6 is 22.9 Å². The molecule has 0 aliphatic heterocycles. The second-order valence-corrected chi connectivity index (χ2v) is 5.19. The topological polar surface area (TPSA) is 49.8 Å². The quantitative estimate of drug-likeness (QED) is 0.761. The molecule has 19 heavy (non-hydrogen) atoms. The van der Waals surface area contributed by atoms with E-state index < -0.39 is 0 Å². The third kappa shape index (κ3) is 2.34. The van der Waals surface area contributed by atoms with Gasteiger partial charge in [-0.1, -0.05) is 23.7 Å². The molecule has 0 saturated carbocycles. The Kier molecular flexibility index (Phi) is 3.23. The standard InChI is InChI=1S/C13H11ClN4S/c1-15-13-17-11(8-6-7-19-12(8)18-13)16-10-5-3-2-4-9(10)14/h2-7H,1H3,(H2,15,16,17,18). The smallest absolute Gasteiger partial charge is 0.225 e. The molecule has 0 unspecified atom stereocenters. The number of nitrogens with one attached hydrogen (secondary N) is 2. The summed E-state index contributed by atoms with van der Waals surface area (Å²) in [6.45, 7) is 0. The highest BCUT2D eigenvalue weighted by molar-refractivity contribution is 7.16. The Balaban J connectivity index is 2.09. The molecule has 0 aliphatic rings. The van der Waals surface area contributed by atoms with Crippen molar-refractivity contribution in [2.75, 3.05) is 17.7 Å². The number of para-hydroxylation sites is 1. The van der Waals surface area contributed by atoms with E-state index in [1.165, 1.54) is 0 Å². The van der Waals surface area contributed by atoms with Gasteiger partial charge in [0.2, 0.25) is 5.95 Å². The zero-order valence-corrected chi connectivity index (χ0v) is 11.7. The summed E-state index contributed by atoms with van der Waals surface area (Å²) in [5, 5.41) is 9.87. The predicted octanol–water partition coefficient (Wildman–Crippen LogP) is 4.13. The Morgan fingerprint density at radius 2 is 2.00 bits per heavy atom. The Morgan fingerprint density at radius 3 is 2.79 bits per heavy atom. The van der Waals surface area contributed by atoms with Crippen LogP contribution in [-0.2, 0) is 0 Å². The number of nitrogens with zero attached hydrogens (tertiary/aromatic N) is 2. The van der Waals surface area contributed by atoms with Crippen molar-refractivity contribution in [3.63, 3.8) is 0 Å². The summed E-state index contributed by atoms with van der Waals surface area (Å²) in [6.07, 6.45) is 0. The molecule has 96 valence electrons. The summed E-state index contributed by atoms with van der Waals surface area (Å²) in [5.74, 6) is 1.34. The van der Waals surface area contributed by atoms with Gasteiger partial charge in [0.1, 0.15) is 10.6 Å². The summed E-state index contributed by atoms with van der Waals surface area (Å²) in [7, 11) is 1.80. The highest BCUT2D eigenvalue weighted by Crippen LogP contribution is 2.30. The molecule has 0 bridgehead atoms. The lowest BCUT2D eigenvalue weighted by Crippen LogP contribution is -2.01. The van der Waals surface area contributed by atoms with Crippen LogP contribution in [0.5, 0.6) is 0 Å². The van der Waals surface area contributed by atoms with Crippen molar-refractivity contribution in [1.29, 1.82) is 0 Å². The fourth-order valence-corrected chi connectivity index (χ4v) is 2.70. The Bertz CT molecular complexity index is 725. The first-order valence-electron chi connectivity index (χ1n) is 5.72. The van der Waals surface area contributed by atoms with Crippen LogP contribution < -0.4 is 10.6 Å². The van der Waals surface area contributed by atoms with Gasteiger partial charge in [-0.2, -0.15) is 4.98 Å². The minimum absolute atomic E-state index is 0.588. The molecule has 0 amide bonds. The van der Waals surface area contributed by atoms with E-state index in [2.05, 4.69) is 20.6 Å². The molecule has 0 spiro atoms. The van der Waals surface area contributed by atoms with Gasteiger partial charge in [-0.3, -0.25) is 0 Å². The number of benzene rings is 1. The van der Waals surface area contributed by atoms with Gasteiger partial charge in [-0.05, 0) is 23.6 Å². The van der Waals surface area contributed by atoms with Crippen molar-refractivity contribution in [3.8, 4) is 0 Å². The lowest BCUT2D eigenvalue weighted by Gasteiger charge is -2.09. The molecule has 1 aromatic carbocycles. The van der Waals surface area contributed by atoms with Crippen LogP contribution in [0.2, 0.25) is 5.02 Å². The summed E-state index contributed by atoms with van der Waals surface area (Å²) in [4.78, 5) is 9.78.